The molecular weight excluding hydrogens is 256 g/mol. The number of para-hydroxylation sites is 2. The zero-order valence-corrected chi connectivity index (χ0v) is 10.4. The predicted octanol–water partition coefficient (Wildman–Crippen LogP) is 2.54. The van der Waals surface area contributed by atoms with Crippen molar-refractivity contribution in [1.82, 2.24) is 0 Å². The van der Waals surface area contributed by atoms with Gasteiger partial charge in [-0.1, -0.05) is 30.3 Å². The monoisotopic (exact) mass is 266 g/mol. The summed E-state index contributed by atoms with van der Waals surface area (Å²) >= 11 is 0. The molecule has 2 unspecified atom stereocenters. The minimum absolute atomic E-state index is 0.239. The largest absolute Gasteiger partial charge is 0.483 e. The highest BCUT2D eigenvalue weighted by Gasteiger charge is 2.48. The number of hydrogen-bond acceptors (Lipinski definition) is 4. The molecule has 2 atom stereocenters. The van der Waals surface area contributed by atoms with Crippen molar-refractivity contribution >= 4 is 11.8 Å². The molecule has 0 saturated carbocycles. The first-order valence-electron chi connectivity index (χ1n) is 6.36. The van der Waals surface area contributed by atoms with Crippen molar-refractivity contribution in [1.29, 1.82) is 0 Å². The maximum atomic E-state index is 12.5. The molecule has 0 bridgehead atoms. The molecule has 0 N–H and O–H groups in total. The fraction of sp³-hybridized carbons (Fsp3) is 0.125. The van der Waals surface area contributed by atoms with Gasteiger partial charge in [0, 0.05) is 5.56 Å². The summed E-state index contributed by atoms with van der Waals surface area (Å²) < 4.78 is 11.1. The van der Waals surface area contributed by atoms with Gasteiger partial charge >= 0.3 is 5.97 Å². The van der Waals surface area contributed by atoms with Crippen LogP contribution >= 0.6 is 0 Å². The Hall–Kier alpha value is -2.62. The van der Waals surface area contributed by atoms with Gasteiger partial charge < -0.3 is 9.47 Å². The fourth-order valence-electron chi connectivity index (χ4n) is 2.74. The van der Waals surface area contributed by atoms with Crippen molar-refractivity contribution < 1.29 is 19.1 Å². The molecule has 20 heavy (non-hydrogen) atoms. The lowest BCUT2D eigenvalue weighted by atomic mass is 9.84. The number of hydrogen-bond donors (Lipinski definition) is 0. The lowest BCUT2D eigenvalue weighted by Crippen LogP contribution is -2.42. The van der Waals surface area contributed by atoms with Crippen molar-refractivity contribution in [2.24, 2.45) is 5.92 Å². The lowest BCUT2D eigenvalue weighted by Gasteiger charge is -2.35. The Bertz CT molecular complexity index is 735. The molecule has 0 aliphatic carbocycles. The Balaban J connectivity index is 1.91. The summed E-state index contributed by atoms with van der Waals surface area (Å²) in [6.45, 7) is 0. The van der Waals surface area contributed by atoms with Crippen LogP contribution in [0.15, 0.2) is 48.5 Å². The quantitative estimate of drug-likeness (QED) is 0.418. The van der Waals surface area contributed by atoms with Gasteiger partial charge in [-0.15, -0.1) is 0 Å². The molecule has 2 aromatic rings. The van der Waals surface area contributed by atoms with E-state index in [1.54, 1.807) is 36.4 Å². The summed E-state index contributed by atoms with van der Waals surface area (Å²) in [7, 11) is 0. The molecule has 2 heterocycles. The molecule has 0 amide bonds. The highest BCUT2D eigenvalue weighted by Crippen LogP contribution is 2.44. The fourth-order valence-corrected chi connectivity index (χ4v) is 2.74. The predicted molar refractivity (Wildman–Crippen MR) is 69.7 cm³/mol. The molecule has 2 aliphatic heterocycles. The number of Topliss-reactive ketones (excluding diaryl/α,β-unsaturated/α-hetero) is 1. The van der Waals surface area contributed by atoms with Gasteiger partial charge in [-0.25, -0.2) is 0 Å². The second-order valence-electron chi connectivity index (χ2n) is 4.84. The van der Waals surface area contributed by atoms with Gasteiger partial charge in [-0.2, -0.15) is 0 Å². The number of fused-ring (bicyclic) bond motifs is 4. The summed E-state index contributed by atoms with van der Waals surface area (Å²) in [4.78, 5) is 24.6. The lowest BCUT2D eigenvalue weighted by molar-refractivity contribution is -0.142. The second-order valence-corrected chi connectivity index (χ2v) is 4.84. The summed E-state index contributed by atoms with van der Waals surface area (Å²) in [6.07, 6.45) is -0.602. The summed E-state index contributed by atoms with van der Waals surface area (Å²) in [6, 6.07) is 14.1. The van der Waals surface area contributed by atoms with Crippen LogP contribution < -0.4 is 9.47 Å². The molecule has 0 aromatic heterocycles. The SMILES string of the molecule is O=C1Oc2ccccc2C2Oc3ccccc3C(=O)C12. The number of benzene rings is 2. The topological polar surface area (TPSA) is 52.6 Å². The van der Waals surface area contributed by atoms with E-state index in [2.05, 4.69) is 0 Å². The van der Waals surface area contributed by atoms with Crippen molar-refractivity contribution in [3.63, 3.8) is 0 Å². The Morgan fingerprint density at radius 1 is 0.850 bits per heavy atom. The highest BCUT2D eigenvalue weighted by molar-refractivity contribution is 6.12. The van der Waals surface area contributed by atoms with Crippen LogP contribution in [-0.2, 0) is 4.79 Å². The average molecular weight is 266 g/mol. The third kappa shape index (κ3) is 1.42. The van der Waals surface area contributed by atoms with Crippen molar-refractivity contribution in [3.05, 3.63) is 59.7 Å². The van der Waals surface area contributed by atoms with E-state index < -0.39 is 18.0 Å². The second kappa shape index (κ2) is 3.93. The van der Waals surface area contributed by atoms with Gasteiger partial charge in [0.2, 0.25) is 0 Å². The molecule has 4 rings (SSSR count). The molecule has 4 nitrogen and oxygen atoms in total. The molecule has 2 aromatic carbocycles. The Morgan fingerprint density at radius 2 is 1.55 bits per heavy atom. The zero-order chi connectivity index (χ0) is 13.7. The van der Waals surface area contributed by atoms with Crippen molar-refractivity contribution in [2.45, 2.75) is 6.10 Å². The number of ketones is 1. The standard InChI is InChI=1S/C16H10O4/c17-14-9-5-1-3-7-11(9)19-15-10-6-2-4-8-12(10)20-16(18)13(14)15/h1-8,13,15H. The normalized spacial score (nSPS) is 23.0. The smallest absolute Gasteiger partial charge is 0.326 e. The van der Waals surface area contributed by atoms with E-state index in [1.165, 1.54) is 0 Å². The van der Waals surface area contributed by atoms with Crippen LogP contribution in [0.25, 0.3) is 0 Å². The van der Waals surface area contributed by atoms with Crippen LogP contribution in [0, 0.1) is 5.92 Å². The van der Waals surface area contributed by atoms with Gasteiger partial charge in [0.25, 0.3) is 0 Å². The van der Waals surface area contributed by atoms with E-state index in [1.807, 2.05) is 12.1 Å². The van der Waals surface area contributed by atoms with E-state index in [-0.39, 0.29) is 5.78 Å². The van der Waals surface area contributed by atoms with Gasteiger partial charge in [-0.05, 0) is 18.2 Å². The van der Waals surface area contributed by atoms with E-state index in [4.69, 9.17) is 9.47 Å². The Labute approximate surface area is 114 Å². The zero-order valence-electron chi connectivity index (χ0n) is 10.4. The third-order valence-electron chi connectivity index (χ3n) is 3.68. The van der Waals surface area contributed by atoms with Crippen LogP contribution in [-0.4, -0.2) is 11.8 Å². The highest BCUT2D eigenvalue weighted by atomic mass is 16.6. The van der Waals surface area contributed by atoms with Crippen molar-refractivity contribution in [3.8, 4) is 11.5 Å². The minimum atomic E-state index is -0.917. The summed E-state index contributed by atoms with van der Waals surface area (Å²) in [5.41, 5.74) is 1.17. The van der Waals surface area contributed by atoms with Crippen LogP contribution in [0.3, 0.4) is 0 Å². The molecule has 0 fully saturated rings. The molecule has 98 valence electrons. The first kappa shape index (κ1) is 11.2. The maximum Gasteiger partial charge on any atom is 0.326 e. The summed E-state index contributed by atoms with van der Waals surface area (Å²) in [5, 5.41) is 0. The van der Waals surface area contributed by atoms with Gasteiger partial charge in [0.15, 0.2) is 11.7 Å². The van der Waals surface area contributed by atoms with Crippen LogP contribution in [0.4, 0.5) is 0 Å². The Morgan fingerprint density at radius 3 is 2.40 bits per heavy atom. The first-order chi connectivity index (χ1) is 9.75. The molecule has 4 heteroatoms. The number of esters is 1. The maximum absolute atomic E-state index is 12.5. The molecule has 0 radical (unpaired) electrons. The van der Waals surface area contributed by atoms with E-state index in [0.717, 1.165) is 5.56 Å². The minimum Gasteiger partial charge on any atom is -0.483 e. The van der Waals surface area contributed by atoms with Gasteiger partial charge in [-0.3, -0.25) is 9.59 Å². The molecule has 2 aliphatic rings. The van der Waals surface area contributed by atoms with Crippen molar-refractivity contribution in [2.75, 3.05) is 0 Å². The number of rotatable bonds is 0. The first-order valence-corrected chi connectivity index (χ1v) is 6.36. The molecule has 0 spiro atoms. The number of carbonyl (C=O) groups is 2. The molecule has 0 saturated heterocycles. The van der Waals surface area contributed by atoms with E-state index in [9.17, 15) is 9.59 Å². The van der Waals surface area contributed by atoms with Gasteiger partial charge in [0.05, 0.1) is 5.56 Å². The third-order valence-corrected chi connectivity index (χ3v) is 3.68. The van der Waals surface area contributed by atoms with E-state index >= 15 is 0 Å². The van der Waals surface area contributed by atoms with Crippen LogP contribution in [0.2, 0.25) is 0 Å². The van der Waals surface area contributed by atoms with Gasteiger partial charge in [0.1, 0.15) is 17.6 Å². The van der Waals surface area contributed by atoms with Crippen LogP contribution in [0.5, 0.6) is 11.5 Å². The van der Waals surface area contributed by atoms with Crippen LogP contribution in [0.1, 0.15) is 22.0 Å². The summed E-state index contributed by atoms with van der Waals surface area (Å²) in [5.74, 6) is -0.724. The molecular formula is C16H10O4. The Kier molecular flexibility index (Phi) is 2.21. The average Bonchev–Trinajstić information content (AvgIpc) is 2.47. The van der Waals surface area contributed by atoms with E-state index in [0.29, 0.717) is 17.1 Å². The number of ether oxygens (including phenoxy) is 2. The number of carbonyl (C=O) groups excluding carboxylic acids is 2.